The maximum Gasteiger partial charge on any atom is 0.225 e. The zero-order chi connectivity index (χ0) is 9.84. The SMILES string of the molecule is CCC(COC)n1c(C)nnc1Cl. The van der Waals surface area contributed by atoms with E-state index in [0.717, 1.165) is 12.2 Å². The Balaban J connectivity index is 2.89. The van der Waals surface area contributed by atoms with Gasteiger partial charge >= 0.3 is 0 Å². The van der Waals surface area contributed by atoms with E-state index >= 15 is 0 Å². The van der Waals surface area contributed by atoms with Gasteiger partial charge in [-0.05, 0) is 24.9 Å². The van der Waals surface area contributed by atoms with Crippen LogP contribution >= 0.6 is 11.6 Å². The van der Waals surface area contributed by atoms with Gasteiger partial charge in [0.1, 0.15) is 5.82 Å². The van der Waals surface area contributed by atoms with Gasteiger partial charge in [-0.1, -0.05) is 6.92 Å². The number of aromatic nitrogens is 3. The Morgan fingerprint density at radius 2 is 2.23 bits per heavy atom. The third-order valence-electron chi connectivity index (χ3n) is 2.02. The van der Waals surface area contributed by atoms with E-state index in [1.165, 1.54) is 0 Å². The fourth-order valence-corrected chi connectivity index (χ4v) is 1.62. The quantitative estimate of drug-likeness (QED) is 0.750. The molecule has 1 atom stereocenters. The summed E-state index contributed by atoms with van der Waals surface area (Å²) in [5.41, 5.74) is 0. The molecule has 0 aromatic carbocycles. The van der Waals surface area contributed by atoms with Gasteiger partial charge in [0, 0.05) is 7.11 Å². The fraction of sp³-hybridized carbons (Fsp3) is 0.750. The van der Waals surface area contributed by atoms with Gasteiger partial charge < -0.3 is 4.74 Å². The molecule has 74 valence electrons. The third kappa shape index (κ3) is 2.19. The van der Waals surface area contributed by atoms with Crippen LogP contribution in [0, 0.1) is 6.92 Å². The van der Waals surface area contributed by atoms with Crippen LogP contribution in [-0.4, -0.2) is 28.5 Å². The molecule has 0 aliphatic rings. The summed E-state index contributed by atoms with van der Waals surface area (Å²) >= 11 is 5.89. The van der Waals surface area contributed by atoms with Gasteiger partial charge in [-0.15, -0.1) is 10.2 Å². The predicted molar refractivity (Wildman–Crippen MR) is 51.0 cm³/mol. The zero-order valence-corrected chi connectivity index (χ0v) is 8.88. The molecule has 0 aliphatic heterocycles. The van der Waals surface area contributed by atoms with Gasteiger partial charge in [0.25, 0.3) is 0 Å². The van der Waals surface area contributed by atoms with Crippen molar-refractivity contribution in [3.05, 3.63) is 11.1 Å². The molecule has 13 heavy (non-hydrogen) atoms. The van der Waals surface area contributed by atoms with Crippen molar-refractivity contribution in [1.82, 2.24) is 14.8 Å². The van der Waals surface area contributed by atoms with E-state index in [9.17, 15) is 0 Å². The molecule has 0 saturated heterocycles. The molecule has 1 heterocycles. The van der Waals surface area contributed by atoms with E-state index < -0.39 is 0 Å². The normalized spacial score (nSPS) is 13.2. The first-order valence-electron chi connectivity index (χ1n) is 4.26. The molecule has 5 heteroatoms. The van der Waals surface area contributed by atoms with Crippen molar-refractivity contribution < 1.29 is 4.74 Å². The molecule has 1 rings (SSSR count). The first-order chi connectivity index (χ1) is 6.20. The smallest absolute Gasteiger partial charge is 0.225 e. The number of ether oxygens (including phenoxy) is 1. The van der Waals surface area contributed by atoms with Crippen LogP contribution in [0.25, 0.3) is 0 Å². The molecule has 0 aliphatic carbocycles. The monoisotopic (exact) mass is 203 g/mol. The van der Waals surface area contributed by atoms with Crippen molar-refractivity contribution in [3.63, 3.8) is 0 Å². The van der Waals surface area contributed by atoms with Crippen LogP contribution < -0.4 is 0 Å². The second kappa shape index (κ2) is 4.58. The molecule has 4 nitrogen and oxygen atoms in total. The molecule has 0 N–H and O–H groups in total. The molecular formula is C8H14ClN3O. The van der Waals surface area contributed by atoms with Crippen LogP contribution in [-0.2, 0) is 4.74 Å². The number of methoxy groups -OCH3 is 1. The van der Waals surface area contributed by atoms with Gasteiger partial charge in [-0.3, -0.25) is 4.57 Å². The lowest BCUT2D eigenvalue weighted by atomic mass is 10.2. The van der Waals surface area contributed by atoms with E-state index in [4.69, 9.17) is 16.3 Å². The number of aryl methyl sites for hydroxylation is 1. The Morgan fingerprint density at radius 1 is 1.54 bits per heavy atom. The van der Waals surface area contributed by atoms with Gasteiger partial charge in [0.2, 0.25) is 5.28 Å². The minimum absolute atomic E-state index is 0.229. The van der Waals surface area contributed by atoms with E-state index in [1.54, 1.807) is 7.11 Å². The minimum atomic E-state index is 0.229. The van der Waals surface area contributed by atoms with Crippen molar-refractivity contribution in [3.8, 4) is 0 Å². The summed E-state index contributed by atoms with van der Waals surface area (Å²) in [6, 6.07) is 0.229. The molecular weight excluding hydrogens is 190 g/mol. The van der Waals surface area contributed by atoms with Crippen molar-refractivity contribution in [2.45, 2.75) is 26.3 Å². The average molecular weight is 204 g/mol. The van der Waals surface area contributed by atoms with E-state index in [0.29, 0.717) is 11.9 Å². The fourth-order valence-electron chi connectivity index (χ4n) is 1.33. The largest absolute Gasteiger partial charge is 0.383 e. The van der Waals surface area contributed by atoms with E-state index in [2.05, 4.69) is 17.1 Å². The number of halogens is 1. The molecule has 0 spiro atoms. The van der Waals surface area contributed by atoms with Crippen LogP contribution in [0.2, 0.25) is 5.28 Å². The Morgan fingerprint density at radius 3 is 2.62 bits per heavy atom. The van der Waals surface area contributed by atoms with Crippen LogP contribution in [0.1, 0.15) is 25.2 Å². The number of hydrogen-bond donors (Lipinski definition) is 0. The highest BCUT2D eigenvalue weighted by atomic mass is 35.5. The molecule has 0 amide bonds. The highest BCUT2D eigenvalue weighted by Crippen LogP contribution is 2.18. The summed E-state index contributed by atoms with van der Waals surface area (Å²) in [4.78, 5) is 0. The van der Waals surface area contributed by atoms with Gasteiger partial charge in [0.05, 0.1) is 12.6 Å². The predicted octanol–water partition coefficient (Wildman–Crippen LogP) is 1.84. The summed E-state index contributed by atoms with van der Waals surface area (Å²) in [5, 5.41) is 8.11. The Hall–Kier alpha value is -0.610. The standard InChI is InChI=1S/C8H14ClN3O/c1-4-7(5-13-3)12-6(2)10-11-8(12)9/h7H,4-5H2,1-3H3. The van der Waals surface area contributed by atoms with Crippen LogP contribution in [0.4, 0.5) is 0 Å². The summed E-state index contributed by atoms with van der Waals surface area (Å²) in [6.45, 7) is 4.60. The second-order valence-corrected chi connectivity index (χ2v) is 3.24. The molecule has 0 bridgehead atoms. The van der Waals surface area contributed by atoms with Crippen molar-refractivity contribution in [1.29, 1.82) is 0 Å². The lowest BCUT2D eigenvalue weighted by molar-refractivity contribution is 0.152. The lowest BCUT2D eigenvalue weighted by Crippen LogP contribution is -2.15. The molecule has 0 radical (unpaired) electrons. The number of rotatable bonds is 4. The van der Waals surface area contributed by atoms with Crippen LogP contribution in [0.3, 0.4) is 0 Å². The first kappa shape index (κ1) is 10.5. The highest BCUT2D eigenvalue weighted by Gasteiger charge is 2.15. The van der Waals surface area contributed by atoms with E-state index in [-0.39, 0.29) is 6.04 Å². The number of hydrogen-bond acceptors (Lipinski definition) is 3. The Labute approximate surface area is 82.9 Å². The molecule has 0 fully saturated rings. The number of nitrogens with zero attached hydrogens (tertiary/aromatic N) is 3. The zero-order valence-electron chi connectivity index (χ0n) is 8.12. The first-order valence-corrected chi connectivity index (χ1v) is 4.64. The molecule has 1 unspecified atom stereocenters. The van der Waals surface area contributed by atoms with Crippen LogP contribution in [0.5, 0.6) is 0 Å². The minimum Gasteiger partial charge on any atom is -0.383 e. The molecule has 0 saturated carbocycles. The molecule has 1 aromatic rings. The van der Waals surface area contributed by atoms with E-state index in [1.807, 2.05) is 11.5 Å². The maximum absolute atomic E-state index is 5.89. The summed E-state index contributed by atoms with van der Waals surface area (Å²) in [7, 11) is 1.68. The topological polar surface area (TPSA) is 39.9 Å². The second-order valence-electron chi connectivity index (χ2n) is 2.90. The molecule has 1 aromatic heterocycles. The Bertz CT molecular complexity index is 255. The van der Waals surface area contributed by atoms with Gasteiger partial charge in [0.15, 0.2) is 0 Å². The van der Waals surface area contributed by atoms with Crippen molar-refractivity contribution in [2.75, 3.05) is 13.7 Å². The average Bonchev–Trinajstić information content (AvgIpc) is 2.43. The van der Waals surface area contributed by atoms with Crippen molar-refractivity contribution in [2.24, 2.45) is 0 Å². The summed E-state index contributed by atoms with van der Waals surface area (Å²) in [6.07, 6.45) is 0.951. The maximum atomic E-state index is 5.89. The van der Waals surface area contributed by atoms with Gasteiger partial charge in [-0.25, -0.2) is 0 Å². The van der Waals surface area contributed by atoms with Crippen molar-refractivity contribution >= 4 is 11.6 Å². The van der Waals surface area contributed by atoms with Gasteiger partial charge in [-0.2, -0.15) is 0 Å². The van der Waals surface area contributed by atoms with Crippen LogP contribution in [0.15, 0.2) is 0 Å². The lowest BCUT2D eigenvalue weighted by Gasteiger charge is -2.16. The highest BCUT2D eigenvalue weighted by molar-refractivity contribution is 6.28. The summed E-state index contributed by atoms with van der Waals surface area (Å²) in [5.74, 6) is 0.828. The third-order valence-corrected chi connectivity index (χ3v) is 2.28. The summed E-state index contributed by atoms with van der Waals surface area (Å²) < 4.78 is 6.99. The Kier molecular flexibility index (Phi) is 3.69.